The molecule has 2 rings (SSSR count). The zero-order chi connectivity index (χ0) is 16.1. The van der Waals surface area contributed by atoms with Crippen LogP contribution in [-0.4, -0.2) is 29.6 Å². The molecule has 0 radical (unpaired) electrons. The number of hydrogen-bond acceptors (Lipinski definition) is 3. The second-order valence-electron chi connectivity index (χ2n) is 6.05. The minimum atomic E-state index is -1.03. The quantitative estimate of drug-likeness (QED) is 0.844. The van der Waals surface area contributed by atoms with Gasteiger partial charge in [0.25, 0.3) is 5.91 Å². The van der Waals surface area contributed by atoms with E-state index in [2.05, 4.69) is 11.4 Å². The van der Waals surface area contributed by atoms with E-state index in [-0.39, 0.29) is 12.5 Å². The SMILES string of the molecule is CC(C)[C@@H](NC(=O)COc1ccc2c(c1)CCCC2)C(=O)O. The van der Waals surface area contributed by atoms with Gasteiger partial charge in [0.1, 0.15) is 11.8 Å². The van der Waals surface area contributed by atoms with Crippen LogP contribution < -0.4 is 10.1 Å². The normalized spacial score (nSPS) is 15.0. The van der Waals surface area contributed by atoms with Gasteiger partial charge in [0, 0.05) is 0 Å². The Kier molecular flexibility index (Phi) is 5.41. The minimum absolute atomic E-state index is 0.171. The Morgan fingerprint density at radius 1 is 1.23 bits per heavy atom. The molecule has 0 aliphatic heterocycles. The van der Waals surface area contributed by atoms with E-state index in [4.69, 9.17) is 9.84 Å². The Bertz CT molecular complexity index is 554. The molecule has 1 aliphatic carbocycles. The fraction of sp³-hybridized carbons (Fsp3) is 0.529. The summed E-state index contributed by atoms with van der Waals surface area (Å²) in [5.74, 6) is -0.964. The maximum atomic E-state index is 11.8. The van der Waals surface area contributed by atoms with Gasteiger partial charge in [-0.05, 0) is 54.9 Å². The largest absolute Gasteiger partial charge is 0.484 e. The lowest BCUT2D eigenvalue weighted by Crippen LogP contribution is -2.46. The highest BCUT2D eigenvalue weighted by atomic mass is 16.5. The summed E-state index contributed by atoms with van der Waals surface area (Å²) in [7, 11) is 0. The predicted molar refractivity (Wildman–Crippen MR) is 83.0 cm³/mol. The number of hydrogen-bond donors (Lipinski definition) is 2. The number of benzene rings is 1. The summed E-state index contributed by atoms with van der Waals surface area (Å²) in [6.07, 6.45) is 4.56. The van der Waals surface area contributed by atoms with Crippen LogP contribution in [0.2, 0.25) is 0 Å². The summed E-state index contributed by atoms with van der Waals surface area (Å²) >= 11 is 0. The average Bonchev–Trinajstić information content (AvgIpc) is 2.49. The lowest BCUT2D eigenvalue weighted by molar-refractivity contribution is -0.143. The van der Waals surface area contributed by atoms with Gasteiger partial charge in [-0.1, -0.05) is 19.9 Å². The van der Waals surface area contributed by atoms with E-state index in [1.165, 1.54) is 24.0 Å². The summed E-state index contributed by atoms with van der Waals surface area (Å²) in [6, 6.07) is 5.02. The van der Waals surface area contributed by atoms with Crippen LogP contribution in [0.15, 0.2) is 18.2 Å². The summed E-state index contributed by atoms with van der Waals surface area (Å²) in [5, 5.41) is 11.5. The first-order valence-corrected chi connectivity index (χ1v) is 7.74. The maximum absolute atomic E-state index is 11.8. The lowest BCUT2D eigenvalue weighted by atomic mass is 9.92. The van der Waals surface area contributed by atoms with Gasteiger partial charge in [-0.25, -0.2) is 4.79 Å². The number of carbonyl (C=O) groups excluding carboxylic acids is 1. The van der Waals surface area contributed by atoms with Crippen molar-refractivity contribution in [2.75, 3.05) is 6.61 Å². The summed E-state index contributed by atoms with van der Waals surface area (Å²) in [6.45, 7) is 3.34. The van der Waals surface area contributed by atoms with Gasteiger partial charge >= 0.3 is 5.97 Å². The highest BCUT2D eigenvalue weighted by molar-refractivity contribution is 5.84. The third kappa shape index (κ3) is 4.23. The van der Waals surface area contributed by atoms with E-state index < -0.39 is 17.9 Å². The summed E-state index contributed by atoms with van der Waals surface area (Å²) in [4.78, 5) is 22.9. The molecule has 5 heteroatoms. The molecular weight excluding hydrogens is 282 g/mol. The molecule has 0 fully saturated rings. The van der Waals surface area contributed by atoms with Crippen LogP contribution in [-0.2, 0) is 22.4 Å². The molecule has 1 aliphatic rings. The Morgan fingerprint density at radius 2 is 1.91 bits per heavy atom. The number of aryl methyl sites for hydroxylation is 2. The maximum Gasteiger partial charge on any atom is 0.326 e. The fourth-order valence-corrected chi connectivity index (χ4v) is 2.68. The Labute approximate surface area is 130 Å². The van der Waals surface area contributed by atoms with Crippen LogP contribution in [0.3, 0.4) is 0 Å². The van der Waals surface area contributed by atoms with Gasteiger partial charge < -0.3 is 15.2 Å². The van der Waals surface area contributed by atoms with Crippen LogP contribution in [0.4, 0.5) is 0 Å². The van der Waals surface area contributed by atoms with Crippen LogP contribution in [0.25, 0.3) is 0 Å². The third-order valence-electron chi connectivity index (χ3n) is 3.94. The van der Waals surface area contributed by atoms with Crippen molar-refractivity contribution in [2.24, 2.45) is 5.92 Å². The van der Waals surface area contributed by atoms with Crippen LogP contribution in [0.5, 0.6) is 5.75 Å². The number of carbonyl (C=O) groups is 2. The molecule has 0 bridgehead atoms. The molecule has 1 amide bonds. The first-order valence-electron chi connectivity index (χ1n) is 7.74. The van der Waals surface area contributed by atoms with Gasteiger partial charge in [-0.3, -0.25) is 4.79 Å². The fourth-order valence-electron chi connectivity index (χ4n) is 2.68. The molecule has 1 aromatic carbocycles. The molecular formula is C17H23NO4. The van der Waals surface area contributed by atoms with Crippen molar-refractivity contribution in [1.29, 1.82) is 0 Å². The van der Waals surface area contributed by atoms with Gasteiger partial charge in [0.15, 0.2) is 6.61 Å². The number of ether oxygens (including phenoxy) is 1. The van der Waals surface area contributed by atoms with Gasteiger partial charge in [-0.2, -0.15) is 0 Å². The molecule has 1 aromatic rings. The number of rotatable bonds is 6. The Morgan fingerprint density at radius 3 is 2.55 bits per heavy atom. The van der Waals surface area contributed by atoms with Gasteiger partial charge in [-0.15, -0.1) is 0 Å². The smallest absolute Gasteiger partial charge is 0.326 e. The molecule has 0 unspecified atom stereocenters. The zero-order valence-electron chi connectivity index (χ0n) is 13.1. The molecule has 5 nitrogen and oxygen atoms in total. The van der Waals surface area contributed by atoms with Crippen molar-refractivity contribution in [3.05, 3.63) is 29.3 Å². The lowest BCUT2D eigenvalue weighted by Gasteiger charge is -2.19. The summed E-state index contributed by atoms with van der Waals surface area (Å²) < 4.78 is 5.49. The van der Waals surface area contributed by atoms with Gasteiger partial charge in [0.2, 0.25) is 0 Å². The number of nitrogens with one attached hydrogen (secondary N) is 1. The number of carboxylic acid groups (broad SMARTS) is 1. The van der Waals surface area contributed by atoms with E-state index >= 15 is 0 Å². The molecule has 0 saturated heterocycles. The molecule has 1 atom stereocenters. The second kappa shape index (κ2) is 7.29. The van der Waals surface area contributed by atoms with E-state index in [1.54, 1.807) is 13.8 Å². The van der Waals surface area contributed by atoms with Crippen molar-refractivity contribution >= 4 is 11.9 Å². The van der Waals surface area contributed by atoms with Crippen molar-refractivity contribution in [3.8, 4) is 5.75 Å². The number of fused-ring (bicyclic) bond motifs is 1. The number of amides is 1. The Hall–Kier alpha value is -2.04. The van der Waals surface area contributed by atoms with Crippen molar-refractivity contribution in [2.45, 2.75) is 45.6 Å². The number of carboxylic acids is 1. The standard InChI is InChI=1S/C17H23NO4/c1-11(2)16(17(20)21)18-15(19)10-22-14-8-7-12-5-3-4-6-13(12)9-14/h7-9,11,16H,3-6,10H2,1-2H3,(H,18,19)(H,20,21)/t16-/m1/s1. The molecule has 0 saturated carbocycles. The third-order valence-corrected chi connectivity index (χ3v) is 3.94. The summed E-state index contributed by atoms with van der Waals surface area (Å²) in [5.41, 5.74) is 2.64. The monoisotopic (exact) mass is 305 g/mol. The second-order valence-corrected chi connectivity index (χ2v) is 6.05. The van der Waals surface area contributed by atoms with E-state index in [0.29, 0.717) is 5.75 Å². The molecule has 2 N–H and O–H groups in total. The first-order chi connectivity index (χ1) is 10.5. The highest BCUT2D eigenvalue weighted by Gasteiger charge is 2.23. The molecule has 120 valence electrons. The average molecular weight is 305 g/mol. The molecule has 22 heavy (non-hydrogen) atoms. The van der Waals surface area contributed by atoms with E-state index in [9.17, 15) is 9.59 Å². The van der Waals surface area contributed by atoms with Crippen molar-refractivity contribution < 1.29 is 19.4 Å². The van der Waals surface area contributed by atoms with Gasteiger partial charge in [0.05, 0.1) is 0 Å². The zero-order valence-corrected chi connectivity index (χ0v) is 13.1. The topological polar surface area (TPSA) is 75.6 Å². The minimum Gasteiger partial charge on any atom is -0.484 e. The van der Waals surface area contributed by atoms with E-state index in [0.717, 1.165) is 12.8 Å². The van der Waals surface area contributed by atoms with Crippen molar-refractivity contribution in [1.82, 2.24) is 5.32 Å². The molecule has 0 heterocycles. The highest BCUT2D eigenvalue weighted by Crippen LogP contribution is 2.25. The van der Waals surface area contributed by atoms with Crippen molar-refractivity contribution in [3.63, 3.8) is 0 Å². The first kappa shape index (κ1) is 16.3. The Balaban J connectivity index is 1.89. The molecule has 0 spiro atoms. The van der Waals surface area contributed by atoms with Crippen LogP contribution >= 0.6 is 0 Å². The predicted octanol–water partition coefficient (Wildman–Crippen LogP) is 2.17. The van der Waals surface area contributed by atoms with E-state index in [1.807, 2.05) is 12.1 Å². The van der Waals surface area contributed by atoms with Crippen LogP contribution in [0, 0.1) is 5.92 Å². The molecule has 0 aromatic heterocycles. The van der Waals surface area contributed by atoms with Crippen LogP contribution in [0.1, 0.15) is 37.8 Å². The number of aliphatic carboxylic acids is 1.